The molecule has 11 heteroatoms. The Balaban J connectivity index is 1.21. The van der Waals surface area contributed by atoms with Crippen LogP contribution in [-0.4, -0.2) is 53.3 Å². The number of nitrogen functional groups attached to an aromatic ring is 1. The summed E-state index contributed by atoms with van der Waals surface area (Å²) in [6, 6.07) is 3.32. The highest BCUT2D eigenvalue weighted by atomic mass is 19.4. The Hall–Kier alpha value is -3.34. The Morgan fingerprint density at radius 2 is 1.97 bits per heavy atom. The normalized spacial score (nSPS) is 22.2. The zero-order valence-electron chi connectivity index (χ0n) is 20.0. The first kappa shape index (κ1) is 24.0. The first-order chi connectivity index (χ1) is 17.7. The van der Waals surface area contributed by atoms with E-state index in [9.17, 15) is 18.0 Å². The highest BCUT2D eigenvalue weighted by molar-refractivity contribution is 5.99. The van der Waals surface area contributed by atoms with E-state index < -0.39 is 12.1 Å². The molecule has 37 heavy (non-hydrogen) atoms. The van der Waals surface area contributed by atoms with Gasteiger partial charge in [-0.1, -0.05) is 0 Å². The van der Waals surface area contributed by atoms with E-state index >= 15 is 4.39 Å². The minimum absolute atomic E-state index is 0.0740. The molecule has 0 bridgehead atoms. The Morgan fingerprint density at radius 3 is 2.70 bits per heavy atom. The van der Waals surface area contributed by atoms with Gasteiger partial charge in [-0.15, -0.1) is 13.2 Å². The summed E-state index contributed by atoms with van der Waals surface area (Å²) in [6.45, 7) is 2.70. The van der Waals surface area contributed by atoms with Crippen molar-refractivity contribution in [1.29, 1.82) is 0 Å². The number of nitrogens with one attached hydrogen (secondary N) is 2. The molecule has 0 radical (unpaired) electrons. The van der Waals surface area contributed by atoms with E-state index in [0.717, 1.165) is 49.1 Å². The third-order valence-electron chi connectivity index (χ3n) is 8.07. The number of hydrogen-bond donors (Lipinski definition) is 3. The molecule has 2 aromatic heterocycles. The fourth-order valence-electron chi connectivity index (χ4n) is 6.42. The van der Waals surface area contributed by atoms with Crippen LogP contribution >= 0.6 is 0 Å². The summed E-state index contributed by atoms with van der Waals surface area (Å²) in [5, 5.41) is 4.36. The fraction of sp³-hybridized carbons (Fsp3) is 0.462. The van der Waals surface area contributed by atoms with Crippen LogP contribution in [0.25, 0.3) is 11.0 Å². The number of rotatable bonds is 3. The van der Waals surface area contributed by atoms with Crippen LogP contribution in [0.5, 0.6) is 5.75 Å². The number of piperidine rings is 2. The van der Waals surface area contributed by atoms with Gasteiger partial charge in [0.2, 0.25) is 0 Å². The second-order valence-corrected chi connectivity index (χ2v) is 10.2. The Labute approximate surface area is 210 Å². The molecule has 4 heterocycles. The fourth-order valence-corrected chi connectivity index (χ4v) is 6.42. The molecule has 7 nitrogen and oxygen atoms in total. The average molecular weight is 518 g/mol. The number of halogens is 4. The number of H-pyrrole nitrogens is 1. The van der Waals surface area contributed by atoms with Gasteiger partial charge in [0.1, 0.15) is 17.2 Å². The number of ether oxygens (including phenoxy) is 1. The van der Waals surface area contributed by atoms with Crippen molar-refractivity contribution in [3.8, 4) is 5.75 Å². The van der Waals surface area contributed by atoms with Crippen molar-refractivity contribution in [2.75, 3.05) is 31.9 Å². The number of aromatic nitrogens is 2. The number of fused-ring (bicyclic) bond motifs is 5. The van der Waals surface area contributed by atoms with Crippen LogP contribution < -0.4 is 15.8 Å². The number of nitrogens with two attached hydrogens (primary N) is 1. The molecule has 3 aromatic rings. The molecule has 0 unspecified atom stereocenters. The summed E-state index contributed by atoms with van der Waals surface area (Å²) in [6.07, 6.45) is -0.490. The van der Waals surface area contributed by atoms with Crippen molar-refractivity contribution >= 4 is 22.6 Å². The Bertz CT molecular complexity index is 1360. The number of likely N-dealkylation sites (tertiary alicyclic amines) is 1. The lowest BCUT2D eigenvalue weighted by Gasteiger charge is -2.33. The van der Waals surface area contributed by atoms with Gasteiger partial charge in [0.15, 0.2) is 0 Å². The number of nitrogens with zero attached hydrogens (tertiary/aromatic N) is 2. The summed E-state index contributed by atoms with van der Waals surface area (Å²) in [5.74, 6) is -0.291. The Kier molecular flexibility index (Phi) is 5.78. The van der Waals surface area contributed by atoms with Gasteiger partial charge in [0.25, 0.3) is 5.91 Å². The number of aromatic amines is 1. The highest BCUT2D eigenvalue weighted by Crippen LogP contribution is 2.47. The number of carbonyl (C=O) groups is 1. The van der Waals surface area contributed by atoms with Crippen molar-refractivity contribution in [1.82, 2.24) is 20.2 Å². The molecule has 2 fully saturated rings. The molecule has 6 rings (SSSR count). The maximum atomic E-state index is 15.3. The van der Waals surface area contributed by atoms with Crippen molar-refractivity contribution in [3.05, 3.63) is 52.6 Å². The molecule has 2 aliphatic heterocycles. The first-order valence-corrected chi connectivity index (χ1v) is 12.5. The lowest BCUT2D eigenvalue weighted by molar-refractivity contribution is -0.274. The quantitative estimate of drug-likeness (QED) is 0.352. The number of pyridine rings is 1. The van der Waals surface area contributed by atoms with Crippen LogP contribution in [-0.2, 0) is 6.42 Å². The molecule has 4 N–H and O–H groups in total. The molecule has 2 saturated heterocycles. The minimum Gasteiger partial charge on any atom is -0.406 e. The summed E-state index contributed by atoms with van der Waals surface area (Å²) in [5.41, 5.74) is 9.69. The van der Waals surface area contributed by atoms with E-state index in [1.807, 2.05) is 0 Å². The highest BCUT2D eigenvalue weighted by Gasteiger charge is 2.39. The second kappa shape index (κ2) is 8.90. The zero-order valence-corrected chi connectivity index (χ0v) is 20.0. The summed E-state index contributed by atoms with van der Waals surface area (Å²) < 4.78 is 56.6. The van der Waals surface area contributed by atoms with E-state index in [4.69, 9.17) is 5.73 Å². The molecule has 0 saturated carbocycles. The van der Waals surface area contributed by atoms with Crippen LogP contribution in [0.1, 0.15) is 58.3 Å². The van der Waals surface area contributed by atoms with E-state index in [2.05, 4.69) is 20.0 Å². The molecule has 196 valence electrons. The van der Waals surface area contributed by atoms with E-state index in [0.29, 0.717) is 43.3 Å². The number of amides is 1. The van der Waals surface area contributed by atoms with Gasteiger partial charge < -0.3 is 25.7 Å². The molecule has 1 aliphatic carbocycles. The van der Waals surface area contributed by atoms with Crippen LogP contribution in [0, 0.1) is 11.7 Å². The van der Waals surface area contributed by atoms with Crippen LogP contribution in [0.3, 0.4) is 0 Å². The smallest absolute Gasteiger partial charge is 0.406 e. The van der Waals surface area contributed by atoms with Crippen molar-refractivity contribution in [3.63, 3.8) is 0 Å². The molecule has 1 amide bonds. The predicted molar refractivity (Wildman–Crippen MR) is 129 cm³/mol. The summed E-state index contributed by atoms with van der Waals surface area (Å²) in [7, 11) is 0. The number of alkyl halides is 3. The molecule has 1 aromatic carbocycles. The SMILES string of the molecule is Nc1cc(OC(F)(F)F)ccc1C(=O)N1CCC(c2c(F)cnc3[nH]c4c(c23)C[C@H]2CNCC[C@@H]42)CC1. The van der Waals surface area contributed by atoms with Crippen molar-refractivity contribution in [2.24, 2.45) is 5.92 Å². The van der Waals surface area contributed by atoms with Gasteiger partial charge in [-0.3, -0.25) is 4.79 Å². The first-order valence-electron chi connectivity index (χ1n) is 12.5. The number of benzene rings is 1. The zero-order chi connectivity index (χ0) is 25.9. The van der Waals surface area contributed by atoms with E-state index in [-0.39, 0.29) is 28.9 Å². The third kappa shape index (κ3) is 4.28. The van der Waals surface area contributed by atoms with Crippen LogP contribution in [0.2, 0.25) is 0 Å². The summed E-state index contributed by atoms with van der Waals surface area (Å²) in [4.78, 5) is 22.5. The maximum absolute atomic E-state index is 15.3. The van der Waals surface area contributed by atoms with Crippen molar-refractivity contribution in [2.45, 2.75) is 43.9 Å². The molecule has 0 spiro atoms. The third-order valence-corrected chi connectivity index (χ3v) is 8.07. The van der Waals surface area contributed by atoms with E-state index in [1.165, 1.54) is 23.5 Å². The van der Waals surface area contributed by atoms with Gasteiger partial charge in [0, 0.05) is 47.4 Å². The monoisotopic (exact) mass is 517 g/mol. The topological polar surface area (TPSA) is 96.3 Å². The Morgan fingerprint density at radius 1 is 1.19 bits per heavy atom. The predicted octanol–water partition coefficient (Wildman–Crippen LogP) is 4.45. The molecule has 2 atom stereocenters. The lowest BCUT2D eigenvalue weighted by atomic mass is 9.86. The molecule has 3 aliphatic rings. The molecular weight excluding hydrogens is 490 g/mol. The van der Waals surface area contributed by atoms with Gasteiger partial charge in [-0.25, -0.2) is 9.37 Å². The van der Waals surface area contributed by atoms with Crippen LogP contribution in [0.15, 0.2) is 24.4 Å². The van der Waals surface area contributed by atoms with Crippen LogP contribution in [0.4, 0.5) is 23.2 Å². The van der Waals surface area contributed by atoms with Crippen molar-refractivity contribution < 1.29 is 27.1 Å². The summed E-state index contributed by atoms with van der Waals surface area (Å²) >= 11 is 0. The number of anilines is 1. The average Bonchev–Trinajstić information content (AvgIpc) is 3.39. The van der Waals surface area contributed by atoms with Gasteiger partial charge >= 0.3 is 6.36 Å². The lowest BCUT2D eigenvalue weighted by Crippen LogP contribution is -2.38. The number of carbonyl (C=O) groups excluding carboxylic acids is 1. The second-order valence-electron chi connectivity index (χ2n) is 10.2. The van der Waals surface area contributed by atoms with E-state index in [1.54, 1.807) is 4.90 Å². The minimum atomic E-state index is -4.85. The number of hydrogen-bond acceptors (Lipinski definition) is 5. The van der Waals surface area contributed by atoms with Gasteiger partial charge in [0.05, 0.1) is 11.8 Å². The van der Waals surface area contributed by atoms with Gasteiger partial charge in [-0.2, -0.15) is 0 Å². The molecular formula is C26H27F4N5O2. The standard InChI is InChI=1S/C26H27F4N5O2/c27-19-12-33-24-22(18-9-14-11-32-6-3-16(14)23(18)34-24)21(19)13-4-7-35(8-5-13)25(36)17-2-1-15(10-20(17)31)37-26(28,29)30/h1-2,10,12-14,16,32H,3-9,11,31H2,(H,33,34)/t14-,16+/m0/s1. The maximum Gasteiger partial charge on any atom is 0.573 e. The van der Waals surface area contributed by atoms with Gasteiger partial charge in [-0.05, 0) is 68.3 Å². The largest absolute Gasteiger partial charge is 0.573 e.